The van der Waals surface area contributed by atoms with Gasteiger partial charge >= 0.3 is 0 Å². The Morgan fingerprint density at radius 2 is 1.83 bits per heavy atom. The van der Waals surface area contributed by atoms with Crippen LogP contribution in [0.4, 0.5) is 0 Å². The number of hydrogen-bond donors (Lipinski definition) is 0. The average Bonchev–Trinajstić information content (AvgIpc) is 2.81. The fourth-order valence-corrected chi connectivity index (χ4v) is 3.95. The maximum atomic E-state index is 4.93. The van der Waals surface area contributed by atoms with Crippen LogP contribution in [0.5, 0.6) is 0 Å². The molecule has 122 valence electrons. The zero-order valence-electron chi connectivity index (χ0n) is 13.7. The van der Waals surface area contributed by atoms with Crippen LogP contribution >= 0.6 is 0 Å². The molecular weight excluding hydrogens is 298 g/mol. The number of hydrogen-bond acceptors (Lipinski definition) is 4. The number of nitrogens with zero attached hydrogens (tertiary/aromatic N) is 5. The normalized spacial score (nSPS) is 19.0. The Kier molecular flexibility index (Phi) is 3.33. The van der Waals surface area contributed by atoms with Gasteiger partial charge in [-0.1, -0.05) is 12.5 Å². The zero-order chi connectivity index (χ0) is 15.9. The first-order chi connectivity index (χ1) is 11.9. The molecule has 24 heavy (non-hydrogen) atoms. The van der Waals surface area contributed by atoms with Gasteiger partial charge in [0.1, 0.15) is 12.2 Å². The van der Waals surface area contributed by atoms with Gasteiger partial charge in [-0.3, -0.25) is 4.90 Å². The summed E-state index contributed by atoms with van der Waals surface area (Å²) in [4.78, 5) is 15.8. The van der Waals surface area contributed by atoms with Gasteiger partial charge in [0.05, 0.1) is 11.0 Å². The highest BCUT2D eigenvalue weighted by atomic mass is 15.2. The molecule has 2 aliphatic rings. The summed E-state index contributed by atoms with van der Waals surface area (Å²) in [6, 6.07) is 7.35. The first-order valence-corrected chi connectivity index (χ1v) is 8.87. The lowest BCUT2D eigenvalue weighted by Crippen LogP contribution is -2.41. The molecule has 0 N–H and O–H groups in total. The van der Waals surface area contributed by atoms with E-state index in [2.05, 4.69) is 37.6 Å². The summed E-state index contributed by atoms with van der Waals surface area (Å²) >= 11 is 0. The standard InChI is InChI=1S/C19H21N5/c1-2-16(3-1)23-7-6-19-22-17-10-14(15-11-20-13-21-12-15)4-5-18(17)24(19)9-8-23/h4-5,10-13,16H,1-3,6-9H2. The molecule has 3 heterocycles. The van der Waals surface area contributed by atoms with Gasteiger partial charge in [-0.2, -0.15) is 0 Å². The Labute approximate surface area is 141 Å². The van der Waals surface area contributed by atoms with Crippen molar-refractivity contribution < 1.29 is 0 Å². The fourth-order valence-electron chi connectivity index (χ4n) is 3.95. The largest absolute Gasteiger partial charge is 0.327 e. The number of fused-ring (bicyclic) bond motifs is 3. The molecule has 1 aliphatic carbocycles. The van der Waals surface area contributed by atoms with Crippen molar-refractivity contribution in [2.45, 2.75) is 38.3 Å². The van der Waals surface area contributed by atoms with Crippen molar-refractivity contribution in [2.24, 2.45) is 0 Å². The summed E-state index contributed by atoms with van der Waals surface area (Å²) in [7, 11) is 0. The molecule has 1 saturated carbocycles. The van der Waals surface area contributed by atoms with Gasteiger partial charge in [0.15, 0.2) is 0 Å². The Morgan fingerprint density at radius 3 is 2.62 bits per heavy atom. The van der Waals surface area contributed by atoms with Crippen LogP contribution in [-0.4, -0.2) is 43.6 Å². The minimum atomic E-state index is 0.825. The monoisotopic (exact) mass is 319 g/mol. The molecule has 5 heteroatoms. The maximum Gasteiger partial charge on any atom is 0.115 e. The van der Waals surface area contributed by atoms with E-state index in [0.29, 0.717) is 0 Å². The molecule has 0 unspecified atom stereocenters. The molecule has 5 rings (SSSR count). The van der Waals surface area contributed by atoms with E-state index in [9.17, 15) is 0 Å². The van der Waals surface area contributed by atoms with E-state index in [4.69, 9.17) is 4.98 Å². The summed E-state index contributed by atoms with van der Waals surface area (Å²) < 4.78 is 2.42. The predicted octanol–water partition coefficient (Wildman–Crippen LogP) is 2.90. The highest BCUT2D eigenvalue weighted by Gasteiger charge is 2.27. The number of aromatic nitrogens is 4. The van der Waals surface area contributed by atoms with E-state index in [-0.39, 0.29) is 0 Å². The zero-order valence-corrected chi connectivity index (χ0v) is 13.7. The van der Waals surface area contributed by atoms with Gasteiger partial charge in [0.25, 0.3) is 0 Å². The van der Waals surface area contributed by atoms with Gasteiger partial charge in [0.2, 0.25) is 0 Å². The van der Waals surface area contributed by atoms with Crippen molar-refractivity contribution in [1.29, 1.82) is 0 Å². The van der Waals surface area contributed by atoms with Crippen LogP contribution in [0.25, 0.3) is 22.2 Å². The first-order valence-electron chi connectivity index (χ1n) is 8.87. The third kappa shape index (κ3) is 2.31. The smallest absolute Gasteiger partial charge is 0.115 e. The predicted molar refractivity (Wildman–Crippen MR) is 93.7 cm³/mol. The van der Waals surface area contributed by atoms with E-state index in [1.54, 1.807) is 6.33 Å². The second kappa shape index (κ2) is 5.67. The summed E-state index contributed by atoms with van der Waals surface area (Å²) in [5.41, 5.74) is 4.51. The summed E-state index contributed by atoms with van der Waals surface area (Å²) in [6.07, 6.45) is 10.5. The van der Waals surface area contributed by atoms with Crippen LogP contribution in [-0.2, 0) is 13.0 Å². The van der Waals surface area contributed by atoms with Gasteiger partial charge in [-0.25, -0.2) is 15.0 Å². The molecule has 1 aromatic carbocycles. The van der Waals surface area contributed by atoms with Gasteiger partial charge in [0, 0.05) is 50.1 Å². The highest BCUT2D eigenvalue weighted by Crippen LogP contribution is 2.28. The second-order valence-electron chi connectivity index (χ2n) is 6.88. The molecule has 0 amide bonds. The molecule has 3 aromatic rings. The molecule has 0 bridgehead atoms. The molecule has 2 aromatic heterocycles. The van der Waals surface area contributed by atoms with Crippen LogP contribution in [0.3, 0.4) is 0 Å². The molecule has 1 fully saturated rings. The van der Waals surface area contributed by atoms with E-state index >= 15 is 0 Å². The molecular formula is C19H21N5. The van der Waals surface area contributed by atoms with E-state index in [1.165, 1.54) is 30.6 Å². The van der Waals surface area contributed by atoms with Crippen LogP contribution < -0.4 is 0 Å². The Morgan fingerprint density at radius 1 is 0.958 bits per heavy atom. The molecule has 5 nitrogen and oxygen atoms in total. The van der Waals surface area contributed by atoms with Crippen LogP contribution in [0, 0.1) is 0 Å². The lowest BCUT2D eigenvalue weighted by molar-refractivity contribution is 0.130. The first kappa shape index (κ1) is 14.1. The van der Waals surface area contributed by atoms with Crippen LogP contribution in [0.15, 0.2) is 36.9 Å². The quantitative estimate of drug-likeness (QED) is 0.729. The van der Waals surface area contributed by atoms with Crippen molar-refractivity contribution in [3.05, 3.63) is 42.7 Å². The highest BCUT2D eigenvalue weighted by molar-refractivity contribution is 5.82. The van der Waals surface area contributed by atoms with Gasteiger partial charge in [-0.15, -0.1) is 0 Å². The number of rotatable bonds is 2. The minimum Gasteiger partial charge on any atom is -0.327 e. The lowest BCUT2D eigenvalue weighted by Gasteiger charge is -2.36. The summed E-state index contributed by atoms with van der Waals surface area (Å²) in [6.45, 7) is 3.35. The van der Waals surface area contributed by atoms with E-state index in [1.807, 2.05) is 12.4 Å². The molecule has 0 atom stereocenters. The Hall–Kier alpha value is -2.27. The van der Waals surface area contributed by atoms with E-state index in [0.717, 1.165) is 48.7 Å². The molecule has 0 radical (unpaired) electrons. The second-order valence-corrected chi connectivity index (χ2v) is 6.88. The molecule has 0 spiro atoms. The third-order valence-electron chi connectivity index (χ3n) is 5.55. The number of benzene rings is 1. The van der Waals surface area contributed by atoms with Crippen molar-refractivity contribution in [2.75, 3.05) is 13.1 Å². The SMILES string of the molecule is c1ncc(-c2ccc3c(c2)nc2n3CCN(C3CCC3)CC2)cn1. The maximum absolute atomic E-state index is 4.93. The minimum absolute atomic E-state index is 0.825. The van der Waals surface area contributed by atoms with Crippen molar-refractivity contribution in [3.8, 4) is 11.1 Å². The van der Waals surface area contributed by atoms with Gasteiger partial charge < -0.3 is 4.57 Å². The van der Waals surface area contributed by atoms with E-state index < -0.39 is 0 Å². The van der Waals surface area contributed by atoms with Crippen molar-refractivity contribution in [3.63, 3.8) is 0 Å². The lowest BCUT2D eigenvalue weighted by atomic mass is 9.91. The van der Waals surface area contributed by atoms with Crippen LogP contribution in [0.1, 0.15) is 25.1 Å². The van der Waals surface area contributed by atoms with Crippen LogP contribution in [0.2, 0.25) is 0 Å². The third-order valence-corrected chi connectivity index (χ3v) is 5.55. The fraction of sp³-hybridized carbons (Fsp3) is 0.421. The topological polar surface area (TPSA) is 46.8 Å². The number of imidazole rings is 1. The van der Waals surface area contributed by atoms with Gasteiger partial charge in [-0.05, 0) is 30.5 Å². The molecule has 1 aliphatic heterocycles. The molecule has 0 saturated heterocycles. The van der Waals surface area contributed by atoms with Crippen molar-refractivity contribution >= 4 is 11.0 Å². The Bertz CT molecular complexity index is 866. The average molecular weight is 319 g/mol. The Balaban J connectivity index is 1.48. The summed E-state index contributed by atoms with van der Waals surface area (Å²) in [5, 5.41) is 0. The summed E-state index contributed by atoms with van der Waals surface area (Å²) in [5.74, 6) is 1.23. The van der Waals surface area contributed by atoms with Crippen molar-refractivity contribution in [1.82, 2.24) is 24.4 Å².